The van der Waals surface area contributed by atoms with Crippen molar-refractivity contribution >= 4 is 28.5 Å². The second-order valence-corrected chi connectivity index (χ2v) is 12.7. The van der Waals surface area contributed by atoms with Gasteiger partial charge in [0.25, 0.3) is 0 Å². The molecule has 0 radical (unpaired) electrons. The van der Waals surface area contributed by atoms with Crippen LogP contribution in [0.3, 0.4) is 0 Å². The summed E-state index contributed by atoms with van der Waals surface area (Å²) in [7, 11) is 8.52. The Balaban J connectivity index is 0.000000171. The third-order valence-corrected chi connectivity index (χ3v) is 8.71. The fourth-order valence-corrected chi connectivity index (χ4v) is 6.44. The number of hydrogen-bond acceptors (Lipinski definition) is 3. The first-order valence-corrected chi connectivity index (χ1v) is 16.1. The molecule has 4 aromatic carbocycles. The maximum absolute atomic E-state index is 6.27. The highest BCUT2D eigenvalue weighted by Crippen LogP contribution is 2.37. The van der Waals surface area contributed by atoms with Crippen LogP contribution in [0.4, 0.5) is 11.4 Å². The molecule has 0 saturated heterocycles. The Kier molecular flexibility index (Phi) is 10.8. The van der Waals surface area contributed by atoms with Crippen molar-refractivity contribution in [2.24, 2.45) is 0 Å². The lowest BCUT2D eigenvalue weighted by molar-refractivity contribution is 0.402. The standard InChI is InChI=1S/C20H23N.C19H23ClN2/c1-21(2)15-7-12-20-18-10-5-3-8-16(18)13-14-17-9-4-6-11-19(17)20;1-21(2)12-5-13-22-18-7-4-3-6-15(18)8-9-16-10-11-17(20)14-19(16)22/h3-6,8-12H,7,13-15H2,1-2H3;3-4,6-7,10-11,14H,5,8-9,12-13H2,1-2H3. The Morgan fingerprint density at radius 2 is 1.16 bits per heavy atom. The average molecular weight is 592 g/mol. The molecule has 1 aliphatic heterocycles. The Bertz CT molecular complexity index is 1490. The second kappa shape index (κ2) is 14.9. The highest BCUT2D eigenvalue weighted by molar-refractivity contribution is 6.30. The average Bonchev–Trinajstić information content (AvgIpc) is 3.26. The van der Waals surface area contributed by atoms with Crippen molar-refractivity contribution in [3.8, 4) is 0 Å². The summed E-state index contributed by atoms with van der Waals surface area (Å²) in [6, 6.07) is 32.8. The lowest BCUT2D eigenvalue weighted by Crippen LogP contribution is -2.24. The SMILES string of the molecule is CN(C)CCC=C1c2ccccc2CCc2ccccc21.CN(C)CCCN1c2ccccc2CCc2ccc(Cl)cc21. The molecule has 2 aliphatic rings. The number of benzene rings is 4. The van der Waals surface area contributed by atoms with Gasteiger partial charge in [-0.2, -0.15) is 0 Å². The molecule has 224 valence electrons. The number of hydrogen-bond donors (Lipinski definition) is 0. The van der Waals surface area contributed by atoms with Crippen LogP contribution in [-0.4, -0.2) is 57.6 Å². The molecule has 0 unspecified atom stereocenters. The molecule has 0 aromatic heterocycles. The number of aryl methyl sites for hydroxylation is 4. The van der Waals surface area contributed by atoms with E-state index in [1.165, 1.54) is 50.3 Å². The Morgan fingerprint density at radius 3 is 1.79 bits per heavy atom. The van der Waals surface area contributed by atoms with E-state index in [0.717, 1.165) is 63.2 Å². The molecule has 0 spiro atoms. The van der Waals surface area contributed by atoms with Crippen LogP contribution in [0.2, 0.25) is 5.02 Å². The van der Waals surface area contributed by atoms with Gasteiger partial charge in [-0.15, -0.1) is 0 Å². The molecule has 4 heteroatoms. The summed E-state index contributed by atoms with van der Waals surface area (Å²) < 4.78 is 0. The molecule has 43 heavy (non-hydrogen) atoms. The molecule has 1 heterocycles. The summed E-state index contributed by atoms with van der Waals surface area (Å²) in [5.41, 5.74) is 12.6. The van der Waals surface area contributed by atoms with E-state index < -0.39 is 0 Å². The van der Waals surface area contributed by atoms with Crippen LogP contribution in [0.15, 0.2) is 97.1 Å². The molecule has 1 aliphatic carbocycles. The quantitative estimate of drug-likeness (QED) is 0.213. The van der Waals surface area contributed by atoms with Crippen molar-refractivity contribution in [1.82, 2.24) is 9.80 Å². The zero-order valence-corrected chi connectivity index (χ0v) is 27.1. The summed E-state index contributed by atoms with van der Waals surface area (Å²) in [6.45, 7) is 3.20. The normalized spacial score (nSPS) is 13.7. The van der Waals surface area contributed by atoms with Crippen molar-refractivity contribution in [2.45, 2.75) is 38.5 Å². The van der Waals surface area contributed by atoms with E-state index >= 15 is 0 Å². The molecule has 0 amide bonds. The first-order chi connectivity index (χ1) is 20.9. The van der Waals surface area contributed by atoms with Crippen molar-refractivity contribution in [2.75, 3.05) is 52.7 Å². The van der Waals surface area contributed by atoms with Crippen LogP contribution in [0, 0.1) is 0 Å². The van der Waals surface area contributed by atoms with Gasteiger partial charge in [-0.3, -0.25) is 0 Å². The number of fused-ring (bicyclic) bond motifs is 4. The second-order valence-electron chi connectivity index (χ2n) is 12.2. The molecule has 0 fully saturated rings. The van der Waals surface area contributed by atoms with Crippen molar-refractivity contribution < 1.29 is 0 Å². The number of halogens is 1. The first kappa shape index (κ1) is 31.1. The summed E-state index contributed by atoms with van der Waals surface area (Å²) in [5.74, 6) is 0. The molecule has 0 N–H and O–H groups in total. The van der Waals surface area contributed by atoms with Gasteiger partial charge in [0, 0.05) is 29.5 Å². The number of anilines is 2. The number of nitrogens with zero attached hydrogens (tertiary/aromatic N) is 3. The minimum absolute atomic E-state index is 0.816. The van der Waals surface area contributed by atoms with E-state index in [-0.39, 0.29) is 0 Å². The van der Waals surface area contributed by atoms with Gasteiger partial charge >= 0.3 is 0 Å². The molecular weight excluding hydrogens is 546 g/mol. The summed E-state index contributed by atoms with van der Waals surface area (Å²) in [4.78, 5) is 6.93. The largest absolute Gasteiger partial charge is 0.341 e. The van der Waals surface area contributed by atoms with E-state index in [2.05, 4.69) is 134 Å². The van der Waals surface area contributed by atoms with Crippen molar-refractivity contribution in [3.05, 3.63) is 135 Å². The molecule has 0 bridgehead atoms. The van der Waals surface area contributed by atoms with E-state index in [9.17, 15) is 0 Å². The minimum Gasteiger partial charge on any atom is -0.341 e. The fraction of sp³-hybridized carbons (Fsp3) is 0.333. The van der Waals surface area contributed by atoms with E-state index in [1.54, 1.807) is 0 Å². The van der Waals surface area contributed by atoms with Crippen LogP contribution in [0.1, 0.15) is 46.2 Å². The predicted octanol–water partition coefficient (Wildman–Crippen LogP) is 8.70. The highest BCUT2D eigenvalue weighted by atomic mass is 35.5. The van der Waals surface area contributed by atoms with Crippen molar-refractivity contribution in [1.29, 1.82) is 0 Å². The predicted molar refractivity (Wildman–Crippen MR) is 186 cm³/mol. The third-order valence-electron chi connectivity index (χ3n) is 8.47. The van der Waals surface area contributed by atoms with Gasteiger partial charge in [0.1, 0.15) is 0 Å². The number of para-hydroxylation sites is 1. The summed E-state index contributed by atoms with van der Waals surface area (Å²) >= 11 is 6.27. The van der Waals surface area contributed by atoms with Gasteiger partial charge in [0.2, 0.25) is 0 Å². The molecule has 0 atom stereocenters. The molecule has 6 rings (SSSR count). The Hall–Kier alpha value is -3.37. The van der Waals surface area contributed by atoms with E-state index in [0.29, 0.717) is 0 Å². The maximum atomic E-state index is 6.27. The highest BCUT2D eigenvalue weighted by Gasteiger charge is 2.20. The minimum atomic E-state index is 0.816. The lowest BCUT2D eigenvalue weighted by Gasteiger charge is -2.27. The molecule has 4 aromatic rings. The van der Waals surface area contributed by atoms with Gasteiger partial charge in [0.15, 0.2) is 0 Å². The van der Waals surface area contributed by atoms with Crippen molar-refractivity contribution in [3.63, 3.8) is 0 Å². The van der Waals surface area contributed by atoms with E-state index in [1.807, 2.05) is 6.07 Å². The Labute approximate surface area is 264 Å². The molecular formula is C39H46ClN3. The van der Waals surface area contributed by atoms with Crippen LogP contribution < -0.4 is 4.90 Å². The van der Waals surface area contributed by atoms with Crippen LogP contribution in [0.25, 0.3) is 5.57 Å². The third kappa shape index (κ3) is 7.97. The number of rotatable bonds is 7. The zero-order chi connectivity index (χ0) is 30.2. The smallest absolute Gasteiger partial charge is 0.0458 e. The topological polar surface area (TPSA) is 9.72 Å². The first-order valence-electron chi connectivity index (χ1n) is 15.7. The lowest BCUT2D eigenvalue weighted by atomic mass is 9.93. The maximum Gasteiger partial charge on any atom is 0.0458 e. The molecule has 3 nitrogen and oxygen atoms in total. The zero-order valence-electron chi connectivity index (χ0n) is 26.3. The van der Waals surface area contributed by atoms with Gasteiger partial charge in [0.05, 0.1) is 0 Å². The van der Waals surface area contributed by atoms with Gasteiger partial charge < -0.3 is 14.7 Å². The van der Waals surface area contributed by atoms with Gasteiger partial charge in [-0.25, -0.2) is 0 Å². The summed E-state index contributed by atoms with van der Waals surface area (Å²) in [6.07, 6.45) is 9.08. The van der Waals surface area contributed by atoms with E-state index in [4.69, 9.17) is 11.6 Å². The fourth-order valence-electron chi connectivity index (χ4n) is 6.27. The monoisotopic (exact) mass is 591 g/mol. The summed E-state index contributed by atoms with van der Waals surface area (Å²) in [5, 5.41) is 0.816. The Morgan fingerprint density at radius 1 is 0.628 bits per heavy atom. The van der Waals surface area contributed by atoms with Crippen LogP contribution >= 0.6 is 11.6 Å². The van der Waals surface area contributed by atoms with Crippen LogP contribution in [0.5, 0.6) is 0 Å². The van der Waals surface area contributed by atoms with Gasteiger partial charge in [-0.05, 0) is 130 Å². The molecule has 0 saturated carbocycles. The van der Waals surface area contributed by atoms with Crippen LogP contribution in [-0.2, 0) is 25.7 Å². The van der Waals surface area contributed by atoms with Gasteiger partial charge in [-0.1, -0.05) is 90.5 Å².